The molecule has 0 atom stereocenters. The fourth-order valence-corrected chi connectivity index (χ4v) is 0.580. The second kappa shape index (κ2) is 5.83. The van der Waals surface area contributed by atoms with Crippen LogP contribution in [0, 0.1) is 5.41 Å². The first kappa shape index (κ1) is 10.1. The Balaban J connectivity index is 3.55. The Morgan fingerprint density at radius 3 is 2.55 bits per heavy atom. The van der Waals surface area contributed by atoms with E-state index in [1.807, 2.05) is 6.92 Å². The Kier molecular flexibility index (Phi) is 5.35. The van der Waals surface area contributed by atoms with Crippen molar-refractivity contribution in [2.75, 3.05) is 20.3 Å². The van der Waals surface area contributed by atoms with Crippen molar-refractivity contribution >= 4 is 11.6 Å². The molecule has 0 aromatic carbocycles. The number of rotatable bonds is 4. The highest BCUT2D eigenvalue weighted by Crippen LogP contribution is 1.87. The summed E-state index contributed by atoms with van der Waals surface area (Å²) < 4.78 is 5.13. The Hall–Kier alpha value is -0.920. The minimum absolute atomic E-state index is 0.392. The third kappa shape index (κ3) is 6.97. The lowest BCUT2D eigenvalue weighted by molar-refractivity contribution is 0.197. The van der Waals surface area contributed by atoms with Gasteiger partial charge in [0, 0.05) is 18.3 Å². The normalized spacial score (nSPS) is 8.64. The van der Waals surface area contributed by atoms with E-state index in [9.17, 15) is 0 Å². The molecule has 0 radical (unpaired) electrons. The molecule has 0 unspecified atom stereocenters. The van der Waals surface area contributed by atoms with E-state index in [4.69, 9.17) is 10.1 Å². The maximum atomic E-state index is 7.06. The van der Waals surface area contributed by atoms with Crippen LogP contribution in [-0.4, -0.2) is 31.8 Å². The van der Waals surface area contributed by atoms with Gasteiger partial charge in [0.25, 0.3) is 0 Å². The SMILES string of the molecule is CN=C=C(C)COCC(C)=N. The van der Waals surface area contributed by atoms with Crippen LogP contribution in [-0.2, 0) is 4.74 Å². The van der Waals surface area contributed by atoms with E-state index < -0.39 is 0 Å². The second-order valence-corrected chi connectivity index (χ2v) is 2.39. The van der Waals surface area contributed by atoms with Crippen molar-refractivity contribution in [3.05, 3.63) is 5.57 Å². The molecule has 62 valence electrons. The molecule has 0 rings (SSSR count). The van der Waals surface area contributed by atoms with Crippen LogP contribution in [0.1, 0.15) is 13.8 Å². The van der Waals surface area contributed by atoms with Gasteiger partial charge in [-0.2, -0.15) is 0 Å². The van der Waals surface area contributed by atoms with E-state index in [-0.39, 0.29) is 0 Å². The lowest BCUT2D eigenvalue weighted by atomic mass is 10.4. The molecular weight excluding hydrogens is 140 g/mol. The van der Waals surface area contributed by atoms with Crippen molar-refractivity contribution in [1.82, 2.24) is 0 Å². The highest BCUT2D eigenvalue weighted by atomic mass is 16.5. The molecule has 0 aromatic heterocycles. The number of hydrogen-bond donors (Lipinski definition) is 1. The quantitative estimate of drug-likeness (QED) is 0.609. The summed E-state index contributed by atoms with van der Waals surface area (Å²) in [4.78, 5) is 3.71. The third-order valence-electron chi connectivity index (χ3n) is 0.940. The summed E-state index contributed by atoms with van der Waals surface area (Å²) in [5.41, 5.74) is 1.49. The van der Waals surface area contributed by atoms with Gasteiger partial charge < -0.3 is 10.1 Å². The molecule has 0 aliphatic carbocycles. The summed E-state index contributed by atoms with van der Waals surface area (Å²) in [7, 11) is 1.67. The van der Waals surface area contributed by atoms with Gasteiger partial charge in [0.05, 0.1) is 13.2 Å². The summed E-state index contributed by atoms with van der Waals surface area (Å²) in [6, 6.07) is 0. The molecule has 3 nitrogen and oxygen atoms in total. The molecule has 0 bridgehead atoms. The van der Waals surface area contributed by atoms with E-state index in [1.54, 1.807) is 14.0 Å². The molecule has 0 amide bonds. The fourth-order valence-electron chi connectivity index (χ4n) is 0.580. The standard InChI is InChI=1S/C8H14N2O/c1-7(4-10-3)5-11-6-8(2)9/h9H,5-6H2,1-3H3. The maximum absolute atomic E-state index is 7.06. The van der Waals surface area contributed by atoms with Gasteiger partial charge in [-0.3, -0.25) is 0 Å². The lowest BCUT2D eigenvalue weighted by Gasteiger charge is -1.99. The van der Waals surface area contributed by atoms with Crippen LogP contribution in [0.3, 0.4) is 0 Å². The van der Waals surface area contributed by atoms with Crippen molar-refractivity contribution in [2.24, 2.45) is 4.99 Å². The zero-order valence-corrected chi connectivity index (χ0v) is 7.27. The second-order valence-electron chi connectivity index (χ2n) is 2.39. The molecule has 0 saturated carbocycles. The van der Waals surface area contributed by atoms with Gasteiger partial charge in [-0.25, -0.2) is 4.99 Å². The highest BCUT2D eigenvalue weighted by molar-refractivity contribution is 5.79. The summed E-state index contributed by atoms with van der Waals surface area (Å²) in [6.45, 7) is 4.51. The van der Waals surface area contributed by atoms with Gasteiger partial charge in [0.15, 0.2) is 0 Å². The van der Waals surface area contributed by atoms with Crippen LogP contribution in [0.15, 0.2) is 10.6 Å². The van der Waals surface area contributed by atoms with E-state index in [0.717, 1.165) is 5.57 Å². The van der Waals surface area contributed by atoms with Gasteiger partial charge in [-0.05, 0) is 19.7 Å². The minimum Gasteiger partial charge on any atom is -0.371 e. The number of nitrogens with zero attached hydrogens (tertiary/aromatic N) is 1. The Morgan fingerprint density at radius 2 is 2.09 bits per heavy atom. The largest absolute Gasteiger partial charge is 0.371 e. The lowest BCUT2D eigenvalue weighted by Crippen LogP contribution is -2.05. The number of nitrogens with one attached hydrogen (secondary N) is 1. The maximum Gasteiger partial charge on any atom is 0.0843 e. The van der Waals surface area contributed by atoms with Crippen molar-refractivity contribution in [1.29, 1.82) is 5.41 Å². The van der Waals surface area contributed by atoms with Gasteiger partial charge in [0.1, 0.15) is 0 Å². The van der Waals surface area contributed by atoms with Gasteiger partial charge in [-0.1, -0.05) is 0 Å². The molecular formula is C8H14N2O. The molecule has 0 saturated heterocycles. The van der Waals surface area contributed by atoms with E-state index in [1.165, 1.54) is 0 Å². The Labute approximate surface area is 67.3 Å². The molecule has 0 spiro atoms. The molecule has 1 N–H and O–H groups in total. The molecule has 0 aliphatic rings. The van der Waals surface area contributed by atoms with Crippen molar-refractivity contribution in [2.45, 2.75) is 13.8 Å². The van der Waals surface area contributed by atoms with E-state index in [2.05, 4.69) is 10.9 Å². The van der Waals surface area contributed by atoms with Crippen LogP contribution in [0.4, 0.5) is 0 Å². The summed E-state index contributed by atoms with van der Waals surface area (Å²) >= 11 is 0. The zero-order valence-electron chi connectivity index (χ0n) is 7.27. The first-order valence-electron chi connectivity index (χ1n) is 3.46. The number of ether oxygens (including phenoxy) is 1. The first-order valence-corrected chi connectivity index (χ1v) is 3.46. The van der Waals surface area contributed by atoms with Crippen LogP contribution in [0.25, 0.3) is 0 Å². The predicted octanol–water partition coefficient (Wildman–Crippen LogP) is 1.29. The topological polar surface area (TPSA) is 45.4 Å². The zero-order chi connectivity index (χ0) is 8.69. The van der Waals surface area contributed by atoms with Gasteiger partial charge in [-0.15, -0.1) is 0 Å². The van der Waals surface area contributed by atoms with Crippen LogP contribution >= 0.6 is 0 Å². The molecule has 0 aromatic rings. The van der Waals surface area contributed by atoms with E-state index >= 15 is 0 Å². The summed E-state index contributed by atoms with van der Waals surface area (Å²) in [5.74, 6) is 2.77. The Bertz CT molecular complexity index is 190. The monoisotopic (exact) mass is 154 g/mol. The van der Waals surface area contributed by atoms with E-state index in [0.29, 0.717) is 18.9 Å². The van der Waals surface area contributed by atoms with Crippen LogP contribution in [0.5, 0.6) is 0 Å². The van der Waals surface area contributed by atoms with Gasteiger partial charge in [0.2, 0.25) is 0 Å². The third-order valence-corrected chi connectivity index (χ3v) is 0.940. The van der Waals surface area contributed by atoms with Crippen molar-refractivity contribution in [3.8, 4) is 0 Å². The van der Waals surface area contributed by atoms with Crippen LogP contribution < -0.4 is 0 Å². The Morgan fingerprint density at radius 1 is 1.45 bits per heavy atom. The van der Waals surface area contributed by atoms with Crippen LogP contribution in [0.2, 0.25) is 0 Å². The van der Waals surface area contributed by atoms with Crippen molar-refractivity contribution < 1.29 is 4.74 Å². The van der Waals surface area contributed by atoms with Crippen molar-refractivity contribution in [3.63, 3.8) is 0 Å². The molecule has 0 aliphatic heterocycles. The smallest absolute Gasteiger partial charge is 0.0843 e. The average Bonchev–Trinajstić information content (AvgIpc) is 1.87. The molecule has 11 heavy (non-hydrogen) atoms. The molecule has 0 fully saturated rings. The number of aliphatic imine (C=N–C) groups is 1. The number of hydrogen-bond acceptors (Lipinski definition) is 3. The fraction of sp³-hybridized carbons (Fsp3) is 0.625. The molecule has 0 heterocycles. The first-order chi connectivity index (χ1) is 5.16. The average molecular weight is 154 g/mol. The summed E-state index contributed by atoms with van der Waals surface area (Å²) in [5, 5.41) is 7.06. The highest BCUT2D eigenvalue weighted by Gasteiger charge is 1.90. The minimum atomic E-state index is 0.392. The summed E-state index contributed by atoms with van der Waals surface area (Å²) in [6.07, 6.45) is 0. The predicted molar refractivity (Wildman–Crippen MR) is 46.8 cm³/mol. The molecule has 3 heteroatoms. The van der Waals surface area contributed by atoms with Gasteiger partial charge >= 0.3 is 0 Å².